The number of anilines is 1. The van der Waals surface area contributed by atoms with Gasteiger partial charge in [0.2, 0.25) is 5.91 Å². The lowest BCUT2D eigenvalue weighted by molar-refractivity contribution is -0.116. The SMILES string of the molecule is Cc1cc2c(=O)n(-c3cccc(Cl)c3)c(=O)n(CC(=O)Nc3cc(Cl)ccc3Cl)c2s1. The average molecular weight is 495 g/mol. The molecule has 2 aromatic heterocycles. The Balaban J connectivity index is 1.84. The van der Waals surface area contributed by atoms with Crippen molar-refractivity contribution in [2.45, 2.75) is 13.5 Å². The van der Waals surface area contributed by atoms with E-state index in [-0.39, 0.29) is 6.54 Å². The first-order valence-corrected chi connectivity index (χ1v) is 11.0. The van der Waals surface area contributed by atoms with Gasteiger partial charge in [-0.25, -0.2) is 9.36 Å². The molecule has 0 aliphatic carbocycles. The molecule has 0 aliphatic rings. The fourth-order valence-corrected chi connectivity index (χ4v) is 4.69. The number of hydrogen-bond donors (Lipinski definition) is 1. The molecule has 10 heteroatoms. The summed E-state index contributed by atoms with van der Waals surface area (Å²) in [5.41, 5.74) is -0.468. The number of thiophene rings is 1. The van der Waals surface area contributed by atoms with E-state index < -0.39 is 17.2 Å². The first-order chi connectivity index (χ1) is 14.7. The third-order valence-corrected chi connectivity index (χ3v) is 6.38. The average Bonchev–Trinajstić information content (AvgIpc) is 3.10. The smallest absolute Gasteiger partial charge is 0.323 e. The number of benzene rings is 2. The maximum absolute atomic E-state index is 13.3. The molecule has 0 radical (unpaired) electrons. The molecule has 31 heavy (non-hydrogen) atoms. The predicted molar refractivity (Wildman–Crippen MR) is 127 cm³/mol. The van der Waals surface area contributed by atoms with Crippen molar-refractivity contribution in [3.63, 3.8) is 0 Å². The number of rotatable bonds is 4. The van der Waals surface area contributed by atoms with E-state index in [2.05, 4.69) is 5.32 Å². The van der Waals surface area contributed by atoms with Gasteiger partial charge in [-0.3, -0.25) is 14.2 Å². The van der Waals surface area contributed by atoms with Gasteiger partial charge in [-0.2, -0.15) is 0 Å². The van der Waals surface area contributed by atoms with Crippen LogP contribution in [0.5, 0.6) is 0 Å². The maximum atomic E-state index is 13.3. The summed E-state index contributed by atoms with van der Waals surface area (Å²) < 4.78 is 2.28. The van der Waals surface area contributed by atoms with Crippen LogP contribution in [-0.4, -0.2) is 15.0 Å². The van der Waals surface area contributed by atoms with Gasteiger partial charge in [0.15, 0.2) is 0 Å². The number of aryl methyl sites for hydroxylation is 1. The summed E-state index contributed by atoms with van der Waals surface area (Å²) in [6.07, 6.45) is 0. The van der Waals surface area contributed by atoms with Crippen LogP contribution in [0.3, 0.4) is 0 Å². The van der Waals surface area contributed by atoms with Crippen LogP contribution in [0.2, 0.25) is 15.1 Å². The molecule has 158 valence electrons. The van der Waals surface area contributed by atoms with Gasteiger partial charge in [-0.05, 0) is 49.4 Å². The van der Waals surface area contributed by atoms with Crippen LogP contribution in [0.15, 0.2) is 58.1 Å². The number of fused-ring (bicyclic) bond motifs is 1. The molecule has 2 heterocycles. The molecule has 0 saturated heterocycles. The van der Waals surface area contributed by atoms with E-state index in [1.165, 1.54) is 28.0 Å². The van der Waals surface area contributed by atoms with Crippen molar-refractivity contribution < 1.29 is 4.79 Å². The predicted octanol–water partition coefficient (Wildman–Crippen LogP) is 5.12. The van der Waals surface area contributed by atoms with Crippen LogP contribution in [0, 0.1) is 6.92 Å². The van der Waals surface area contributed by atoms with Gasteiger partial charge < -0.3 is 5.32 Å². The lowest BCUT2D eigenvalue weighted by Crippen LogP contribution is -2.40. The molecule has 1 amide bonds. The molecule has 2 aromatic carbocycles. The molecule has 4 aromatic rings. The number of carbonyl (C=O) groups excluding carboxylic acids is 1. The number of halogens is 3. The molecular weight excluding hydrogens is 481 g/mol. The van der Waals surface area contributed by atoms with E-state index >= 15 is 0 Å². The van der Waals surface area contributed by atoms with Gasteiger partial charge in [0.25, 0.3) is 5.56 Å². The molecule has 1 N–H and O–H groups in total. The number of amides is 1. The Kier molecular flexibility index (Phi) is 5.94. The number of nitrogens with one attached hydrogen (secondary N) is 1. The second-order valence-electron chi connectivity index (χ2n) is 6.74. The Hall–Kier alpha value is -2.58. The Morgan fingerprint density at radius 1 is 1.03 bits per heavy atom. The maximum Gasteiger partial charge on any atom is 0.337 e. The van der Waals surface area contributed by atoms with Crippen molar-refractivity contribution in [2.75, 3.05) is 5.32 Å². The largest absolute Gasteiger partial charge is 0.337 e. The Labute approximate surface area is 195 Å². The minimum atomic E-state index is -0.644. The summed E-state index contributed by atoms with van der Waals surface area (Å²) in [7, 11) is 0. The topological polar surface area (TPSA) is 73.1 Å². The van der Waals surface area contributed by atoms with Crippen molar-refractivity contribution in [1.82, 2.24) is 9.13 Å². The normalized spacial score (nSPS) is 11.1. The van der Waals surface area contributed by atoms with Crippen molar-refractivity contribution in [3.8, 4) is 5.69 Å². The van der Waals surface area contributed by atoms with Crippen molar-refractivity contribution in [1.29, 1.82) is 0 Å². The molecule has 0 atom stereocenters. The van der Waals surface area contributed by atoms with Crippen LogP contribution in [0.1, 0.15) is 4.88 Å². The van der Waals surface area contributed by atoms with Gasteiger partial charge in [0, 0.05) is 14.9 Å². The summed E-state index contributed by atoms with van der Waals surface area (Å²) in [5.74, 6) is -0.491. The second-order valence-corrected chi connectivity index (χ2v) is 9.25. The highest BCUT2D eigenvalue weighted by Gasteiger charge is 2.19. The summed E-state index contributed by atoms with van der Waals surface area (Å²) >= 11 is 19.4. The van der Waals surface area contributed by atoms with Crippen LogP contribution < -0.4 is 16.6 Å². The molecule has 4 rings (SSSR count). The molecule has 0 aliphatic heterocycles. The highest BCUT2D eigenvalue weighted by molar-refractivity contribution is 7.18. The minimum absolute atomic E-state index is 0.311. The van der Waals surface area contributed by atoms with E-state index in [4.69, 9.17) is 34.8 Å². The van der Waals surface area contributed by atoms with Gasteiger partial charge in [0.05, 0.1) is 21.8 Å². The fraction of sp³-hybridized carbons (Fsp3) is 0.0952. The fourth-order valence-electron chi connectivity index (χ4n) is 3.18. The third-order valence-electron chi connectivity index (χ3n) is 4.51. The number of hydrogen-bond acceptors (Lipinski definition) is 4. The first-order valence-electron chi connectivity index (χ1n) is 9.01. The van der Waals surface area contributed by atoms with Gasteiger partial charge in [0.1, 0.15) is 11.4 Å². The first kappa shape index (κ1) is 21.6. The van der Waals surface area contributed by atoms with Gasteiger partial charge in [-0.1, -0.05) is 40.9 Å². The summed E-state index contributed by atoms with van der Waals surface area (Å²) in [6, 6.07) is 12.8. The zero-order chi connectivity index (χ0) is 22.3. The molecule has 0 fully saturated rings. The number of nitrogens with zero attached hydrogens (tertiary/aromatic N) is 2. The molecule has 0 unspecified atom stereocenters. The van der Waals surface area contributed by atoms with Crippen LogP contribution in [0.4, 0.5) is 5.69 Å². The molecule has 0 bridgehead atoms. The summed E-state index contributed by atoms with van der Waals surface area (Å²) in [6.45, 7) is 1.51. The Morgan fingerprint density at radius 2 is 1.77 bits per heavy atom. The quantitative estimate of drug-likeness (QED) is 0.428. The monoisotopic (exact) mass is 493 g/mol. The van der Waals surface area contributed by atoms with E-state index in [0.717, 1.165) is 9.44 Å². The minimum Gasteiger partial charge on any atom is -0.323 e. The highest BCUT2D eigenvalue weighted by Crippen LogP contribution is 2.26. The van der Waals surface area contributed by atoms with Crippen LogP contribution in [-0.2, 0) is 11.3 Å². The Bertz CT molecular complexity index is 1460. The lowest BCUT2D eigenvalue weighted by Gasteiger charge is -2.13. The third kappa shape index (κ3) is 4.27. The Morgan fingerprint density at radius 3 is 2.52 bits per heavy atom. The van der Waals surface area contributed by atoms with Crippen molar-refractivity contribution >= 4 is 68.0 Å². The van der Waals surface area contributed by atoms with Crippen molar-refractivity contribution in [3.05, 3.63) is 89.3 Å². The molecule has 6 nitrogen and oxygen atoms in total. The molecular formula is C21H14Cl3N3O3S. The van der Waals surface area contributed by atoms with Crippen LogP contribution in [0.25, 0.3) is 15.9 Å². The van der Waals surface area contributed by atoms with Crippen molar-refractivity contribution in [2.24, 2.45) is 0 Å². The number of aromatic nitrogens is 2. The summed E-state index contributed by atoms with van der Waals surface area (Å²) in [5, 5.41) is 4.10. The number of carbonyl (C=O) groups is 1. The van der Waals surface area contributed by atoms with Gasteiger partial charge in [-0.15, -0.1) is 11.3 Å². The molecule has 0 spiro atoms. The van der Waals surface area contributed by atoms with E-state index in [9.17, 15) is 14.4 Å². The standard InChI is InChI=1S/C21H14Cl3N3O3S/c1-11-7-15-19(29)27(14-4-2-3-12(22)8-14)21(30)26(20(15)31-11)10-18(28)25-17-9-13(23)5-6-16(17)24/h2-9H,10H2,1H3,(H,25,28). The lowest BCUT2D eigenvalue weighted by atomic mass is 10.3. The summed E-state index contributed by atoms with van der Waals surface area (Å²) in [4.78, 5) is 40.4. The highest BCUT2D eigenvalue weighted by atomic mass is 35.5. The van der Waals surface area contributed by atoms with E-state index in [1.54, 1.807) is 36.4 Å². The second kappa shape index (κ2) is 8.51. The van der Waals surface area contributed by atoms with E-state index in [1.807, 2.05) is 6.92 Å². The van der Waals surface area contributed by atoms with Gasteiger partial charge >= 0.3 is 5.69 Å². The zero-order valence-electron chi connectivity index (χ0n) is 16.0. The van der Waals surface area contributed by atoms with E-state index in [0.29, 0.717) is 36.7 Å². The van der Waals surface area contributed by atoms with Crippen LogP contribution >= 0.6 is 46.1 Å². The zero-order valence-corrected chi connectivity index (χ0v) is 19.1. The molecule has 0 saturated carbocycles.